The standard InChI is InChI=1S/C17H15ClN2/c1-11-3-5-13(6-4-11)16-17(20-12(2)19-16)14-7-9-15(18)10-8-14/h3-10H,1-2H3,(H,19,20). The Morgan fingerprint density at radius 1 is 0.850 bits per heavy atom. The number of aryl methyl sites for hydroxylation is 2. The molecule has 0 aliphatic carbocycles. The van der Waals surface area contributed by atoms with Crippen molar-refractivity contribution in [1.29, 1.82) is 0 Å². The number of hydrogen-bond donors (Lipinski definition) is 1. The number of H-pyrrole nitrogens is 1. The first kappa shape index (κ1) is 12.9. The van der Waals surface area contributed by atoms with Crippen molar-refractivity contribution < 1.29 is 0 Å². The summed E-state index contributed by atoms with van der Waals surface area (Å²) in [6.45, 7) is 4.05. The third kappa shape index (κ3) is 2.47. The molecular formula is C17H15ClN2. The van der Waals surface area contributed by atoms with Crippen molar-refractivity contribution in [3.8, 4) is 22.5 Å². The molecule has 3 heteroatoms. The summed E-state index contributed by atoms with van der Waals surface area (Å²) in [5.41, 5.74) is 5.46. The molecule has 0 aliphatic rings. The number of rotatable bonds is 2. The molecule has 0 aliphatic heterocycles. The van der Waals surface area contributed by atoms with Gasteiger partial charge in [-0.3, -0.25) is 0 Å². The quantitative estimate of drug-likeness (QED) is 0.703. The van der Waals surface area contributed by atoms with Gasteiger partial charge in [-0.2, -0.15) is 0 Å². The van der Waals surface area contributed by atoms with E-state index >= 15 is 0 Å². The van der Waals surface area contributed by atoms with Crippen molar-refractivity contribution >= 4 is 11.6 Å². The highest BCUT2D eigenvalue weighted by atomic mass is 35.5. The molecule has 100 valence electrons. The van der Waals surface area contributed by atoms with Crippen molar-refractivity contribution in [1.82, 2.24) is 9.97 Å². The van der Waals surface area contributed by atoms with E-state index in [2.05, 4.69) is 41.2 Å². The van der Waals surface area contributed by atoms with Crippen LogP contribution in [-0.2, 0) is 0 Å². The number of nitrogens with one attached hydrogen (secondary N) is 1. The molecule has 0 amide bonds. The van der Waals surface area contributed by atoms with Crippen LogP contribution in [0.15, 0.2) is 48.5 Å². The topological polar surface area (TPSA) is 28.7 Å². The third-order valence-corrected chi connectivity index (χ3v) is 3.53. The van der Waals surface area contributed by atoms with Gasteiger partial charge in [-0.25, -0.2) is 4.98 Å². The molecule has 1 aromatic heterocycles. The Labute approximate surface area is 123 Å². The molecule has 20 heavy (non-hydrogen) atoms. The molecule has 2 aromatic carbocycles. The molecule has 0 unspecified atom stereocenters. The lowest BCUT2D eigenvalue weighted by Gasteiger charge is -2.04. The van der Waals surface area contributed by atoms with Crippen LogP contribution < -0.4 is 0 Å². The normalized spacial score (nSPS) is 10.8. The molecule has 0 saturated heterocycles. The highest BCUT2D eigenvalue weighted by Gasteiger charge is 2.12. The third-order valence-electron chi connectivity index (χ3n) is 3.28. The molecular weight excluding hydrogens is 268 g/mol. The summed E-state index contributed by atoms with van der Waals surface area (Å²) in [5.74, 6) is 0.908. The maximum absolute atomic E-state index is 5.95. The number of hydrogen-bond acceptors (Lipinski definition) is 1. The number of aromatic amines is 1. The number of benzene rings is 2. The first-order valence-corrected chi connectivity index (χ1v) is 6.91. The molecule has 0 bridgehead atoms. The number of nitrogens with zero attached hydrogens (tertiary/aromatic N) is 1. The van der Waals surface area contributed by atoms with E-state index in [4.69, 9.17) is 11.6 Å². The second kappa shape index (κ2) is 5.14. The average molecular weight is 283 g/mol. The molecule has 0 radical (unpaired) electrons. The minimum atomic E-state index is 0.734. The maximum atomic E-state index is 5.95. The summed E-state index contributed by atoms with van der Waals surface area (Å²) >= 11 is 5.95. The Morgan fingerprint density at radius 3 is 2.10 bits per heavy atom. The molecule has 0 saturated carbocycles. The van der Waals surface area contributed by atoms with Gasteiger partial charge in [0.2, 0.25) is 0 Å². The van der Waals surface area contributed by atoms with E-state index in [9.17, 15) is 0 Å². The molecule has 3 rings (SSSR count). The van der Waals surface area contributed by atoms with Gasteiger partial charge in [0.1, 0.15) is 5.82 Å². The van der Waals surface area contributed by atoms with Gasteiger partial charge in [-0.1, -0.05) is 53.6 Å². The second-order valence-corrected chi connectivity index (χ2v) is 5.36. The lowest BCUT2D eigenvalue weighted by molar-refractivity contribution is 1.15. The van der Waals surface area contributed by atoms with Crippen LogP contribution in [0.3, 0.4) is 0 Å². The minimum Gasteiger partial charge on any atom is -0.342 e. The van der Waals surface area contributed by atoms with Crippen LogP contribution in [0.4, 0.5) is 0 Å². The summed E-state index contributed by atoms with van der Waals surface area (Å²) in [7, 11) is 0. The van der Waals surface area contributed by atoms with E-state index in [0.29, 0.717) is 0 Å². The van der Waals surface area contributed by atoms with E-state index in [1.54, 1.807) is 0 Å². The Balaban J connectivity index is 2.12. The summed E-state index contributed by atoms with van der Waals surface area (Å²) in [5, 5.41) is 0.734. The van der Waals surface area contributed by atoms with Crippen molar-refractivity contribution in [3.05, 3.63) is 64.9 Å². The number of imidazole rings is 1. The van der Waals surface area contributed by atoms with Gasteiger partial charge in [0.15, 0.2) is 0 Å². The highest BCUT2D eigenvalue weighted by Crippen LogP contribution is 2.30. The predicted molar refractivity (Wildman–Crippen MR) is 83.9 cm³/mol. The van der Waals surface area contributed by atoms with Gasteiger partial charge in [-0.05, 0) is 26.0 Å². The van der Waals surface area contributed by atoms with E-state index in [0.717, 1.165) is 33.4 Å². The average Bonchev–Trinajstić information content (AvgIpc) is 2.82. The molecule has 3 aromatic rings. The summed E-state index contributed by atoms with van der Waals surface area (Å²) in [6, 6.07) is 16.2. The van der Waals surface area contributed by atoms with Crippen molar-refractivity contribution in [2.75, 3.05) is 0 Å². The largest absolute Gasteiger partial charge is 0.342 e. The molecule has 0 spiro atoms. The van der Waals surface area contributed by atoms with Crippen molar-refractivity contribution in [2.24, 2.45) is 0 Å². The minimum absolute atomic E-state index is 0.734. The van der Waals surface area contributed by atoms with Crippen LogP contribution in [0.2, 0.25) is 5.02 Å². The van der Waals surface area contributed by atoms with Crippen molar-refractivity contribution in [2.45, 2.75) is 13.8 Å². The van der Waals surface area contributed by atoms with Crippen LogP contribution >= 0.6 is 11.6 Å². The summed E-state index contributed by atoms with van der Waals surface area (Å²) in [4.78, 5) is 7.96. The molecule has 0 atom stereocenters. The first-order valence-electron chi connectivity index (χ1n) is 6.53. The van der Waals surface area contributed by atoms with E-state index < -0.39 is 0 Å². The van der Waals surface area contributed by atoms with Gasteiger partial charge < -0.3 is 4.98 Å². The fourth-order valence-electron chi connectivity index (χ4n) is 2.24. The van der Waals surface area contributed by atoms with Crippen molar-refractivity contribution in [3.63, 3.8) is 0 Å². The van der Waals surface area contributed by atoms with Crippen LogP contribution in [-0.4, -0.2) is 9.97 Å². The Hall–Kier alpha value is -2.06. The Bertz CT molecular complexity index is 662. The van der Waals surface area contributed by atoms with Gasteiger partial charge in [0.05, 0.1) is 11.4 Å². The molecule has 1 N–H and O–H groups in total. The first-order chi connectivity index (χ1) is 9.63. The van der Waals surface area contributed by atoms with E-state index in [1.165, 1.54) is 5.56 Å². The zero-order valence-corrected chi connectivity index (χ0v) is 12.2. The zero-order valence-electron chi connectivity index (χ0n) is 11.4. The lowest BCUT2D eigenvalue weighted by Crippen LogP contribution is -1.84. The molecule has 1 heterocycles. The monoisotopic (exact) mass is 282 g/mol. The SMILES string of the molecule is Cc1ccc(-c2[nH]c(C)nc2-c2ccc(Cl)cc2)cc1. The van der Waals surface area contributed by atoms with Crippen LogP contribution in [0, 0.1) is 13.8 Å². The van der Waals surface area contributed by atoms with Gasteiger partial charge in [0.25, 0.3) is 0 Å². The Kier molecular flexibility index (Phi) is 3.33. The van der Waals surface area contributed by atoms with Gasteiger partial charge in [0, 0.05) is 16.1 Å². The van der Waals surface area contributed by atoms with Crippen LogP contribution in [0.1, 0.15) is 11.4 Å². The smallest absolute Gasteiger partial charge is 0.104 e. The second-order valence-electron chi connectivity index (χ2n) is 4.92. The highest BCUT2D eigenvalue weighted by molar-refractivity contribution is 6.30. The Morgan fingerprint density at radius 2 is 1.45 bits per heavy atom. The maximum Gasteiger partial charge on any atom is 0.104 e. The number of aromatic nitrogens is 2. The summed E-state index contributed by atoms with van der Waals surface area (Å²) < 4.78 is 0. The van der Waals surface area contributed by atoms with E-state index in [-0.39, 0.29) is 0 Å². The zero-order chi connectivity index (χ0) is 14.1. The lowest BCUT2D eigenvalue weighted by atomic mass is 10.0. The van der Waals surface area contributed by atoms with E-state index in [1.807, 2.05) is 31.2 Å². The number of halogens is 1. The van der Waals surface area contributed by atoms with Crippen LogP contribution in [0.5, 0.6) is 0 Å². The summed E-state index contributed by atoms with van der Waals surface area (Å²) in [6.07, 6.45) is 0. The van der Waals surface area contributed by atoms with Gasteiger partial charge >= 0.3 is 0 Å². The fourth-order valence-corrected chi connectivity index (χ4v) is 2.36. The van der Waals surface area contributed by atoms with Gasteiger partial charge in [-0.15, -0.1) is 0 Å². The fraction of sp³-hybridized carbons (Fsp3) is 0.118. The van der Waals surface area contributed by atoms with Crippen LogP contribution in [0.25, 0.3) is 22.5 Å². The molecule has 2 nitrogen and oxygen atoms in total. The predicted octanol–water partition coefficient (Wildman–Crippen LogP) is 5.01. The molecule has 0 fully saturated rings.